The van der Waals surface area contributed by atoms with Crippen molar-refractivity contribution in [1.29, 1.82) is 0 Å². The number of ether oxygens (including phenoxy) is 1. The van der Waals surface area contributed by atoms with Crippen molar-refractivity contribution in [3.8, 4) is 11.6 Å². The van der Waals surface area contributed by atoms with E-state index in [1.807, 2.05) is 19.1 Å². The first-order valence-electron chi connectivity index (χ1n) is 4.81. The third-order valence-corrected chi connectivity index (χ3v) is 3.42. The van der Waals surface area contributed by atoms with E-state index in [1.54, 1.807) is 18.3 Å². The van der Waals surface area contributed by atoms with E-state index in [1.165, 1.54) is 0 Å². The Morgan fingerprint density at radius 3 is 2.71 bits per heavy atom. The van der Waals surface area contributed by atoms with Crippen molar-refractivity contribution in [1.82, 2.24) is 4.98 Å². The lowest BCUT2D eigenvalue weighted by Crippen LogP contribution is -1.90. The van der Waals surface area contributed by atoms with Crippen molar-refractivity contribution in [2.45, 2.75) is 6.92 Å². The monoisotopic (exact) mass is 375 g/mol. The molecule has 0 saturated carbocycles. The third kappa shape index (κ3) is 3.21. The van der Waals surface area contributed by atoms with Gasteiger partial charge in [0.05, 0.1) is 9.50 Å². The molecule has 5 heteroatoms. The van der Waals surface area contributed by atoms with Crippen molar-refractivity contribution >= 4 is 43.5 Å². The van der Waals surface area contributed by atoms with Crippen molar-refractivity contribution in [3.63, 3.8) is 0 Å². The summed E-state index contributed by atoms with van der Waals surface area (Å²) in [6.45, 7) is 1.97. The topological polar surface area (TPSA) is 22.1 Å². The Morgan fingerprint density at radius 1 is 1.24 bits per heavy atom. The molecule has 0 N–H and O–H groups in total. The number of halogens is 3. The minimum Gasteiger partial charge on any atom is -0.436 e. The first-order chi connectivity index (χ1) is 8.06. The lowest BCUT2D eigenvalue weighted by atomic mass is 10.3. The van der Waals surface area contributed by atoms with Crippen LogP contribution in [0.25, 0.3) is 0 Å². The van der Waals surface area contributed by atoms with Gasteiger partial charge in [0.15, 0.2) is 0 Å². The van der Waals surface area contributed by atoms with E-state index >= 15 is 0 Å². The molecule has 2 aromatic rings. The van der Waals surface area contributed by atoms with Crippen LogP contribution in [0.2, 0.25) is 5.02 Å². The minimum absolute atomic E-state index is 0.496. The van der Waals surface area contributed by atoms with Gasteiger partial charge in [-0.1, -0.05) is 27.5 Å². The molecule has 0 fully saturated rings. The van der Waals surface area contributed by atoms with Gasteiger partial charge < -0.3 is 4.74 Å². The zero-order valence-corrected chi connectivity index (χ0v) is 12.8. The summed E-state index contributed by atoms with van der Waals surface area (Å²) in [6, 6.07) is 7.36. The summed E-state index contributed by atoms with van der Waals surface area (Å²) in [5, 5.41) is 0.544. The molecule has 0 atom stereocenters. The Morgan fingerprint density at radius 2 is 2.00 bits per heavy atom. The Balaban J connectivity index is 2.34. The van der Waals surface area contributed by atoms with E-state index in [9.17, 15) is 0 Å². The van der Waals surface area contributed by atoms with Crippen LogP contribution in [0.5, 0.6) is 11.6 Å². The second kappa shape index (κ2) is 5.38. The van der Waals surface area contributed by atoms with Gasteiger partial charge in [0, 0.05) is 10.7 Å². The smallest absolute Gasteiger partial charge is 0.233 e. The minimum atomic E-state index is 0.496. The number of benzene rings is 1. The van der Waals surface area contributed by atoms with Crippen LogP contribution < -0.4 is 4.74 Å². The van der Waals surface area contributed by atoms with Crippen LogP contribution in [0, 0.1) is 6.92 Å². The zero-order valence-electron chi connectivity index (χ0n) is 8.88. The molecule has 0 spiro atoms. The molecule has 1 aromatic heterocycles. The van der Waals surface area contributed by atoms with Crippen LogP contribution >= 0.6 is 43.5 Å². The lowest BCUT2D eigenvalue weighted by Gasteiger charge is -2.08. The maximum Gasteiger partial charge on any atom is 0.233 e. The number of aromatic nitrogens is 1. The number of nitrogens with zero attached hydrogens (tertiary/aromatic N) is 1. The quantitative estimate of drug-likeness (QED) is 0.703. The molecule has 2 nitrogen and oxygen atoms in total. The summed E-state index contributed by atoms with van der Waals surface area (Å²) >= 11 is 12.8. The number of aryl methyl sites for hydroxylation is 1. The molecule has 0 aliphatic heterocycles. The van der Waals surface area contributed by atoms with Gasteiger partial charge in [-0.05, 0) is 52.7 Å². The summed E-state index contributed by atoms with van der Waals surface area (Å²) in [5.74, 6) is 1.06. The van der Waals surface area contributed by atoms with E-state index in [0.717, 1.165) is 14.5 Å². The number of hydrogen-bond acceptors (Lipinski definition) is 2. The number of hydrogen-bond donors (Lipinski definition) is 0. The predicted molar refractivity (Wildman–Crippen MR) is 75.9 cm³/mol. The van der Waals surface area contributed by atoms with Gasteiger partial charge in [-0.3, -0.25) is 0 Å². The summed E-state index contributed by atoms with van der Waals surface area (Å²) in [5.41, 5.74) is 1.06. The Bertz CT molecular complexity index is 560. The maximum atomic E-state index is 6.04. The van der Waals surface area contributed by atoms with Gasteiger partial charge in [-0.15, -0.1) is 0 Å². The molecule has 0 amide bonds. The van der Waals surface area contributed by atoms with Crippen LogP contribution in [0.15, 0.2) is 39.4 Å². The normalized spacial score (nSPS) is 10.4. The molecule has 2 rings (SSSR count). The van der Waals surface area contributed by atoms with Gasteiger partial charge >= 0.3 is 0 Å². The van der Waals surface area contributed by atoms with Gasteiger partial charge in [-0.25, -0.2) is 4.98 Å². The van der Waals surface area contributed by atoms with Crippen LogP contribution in [-0.4, -0.2) is 4.98 Å². The summed E-state index contributed by atoms with van der Waals surface area (Å²) < 4.78 is 7.36. The maximum absolute atomic E-state index is 6.04. The highest BCUT2D eigenvalue weighted by Gasteiger charge is 2.08. The van der Waals surface area contributed by atoms with Gasteiger partial charge in [0.25, 0.3) is 0 Å². The fourth-order valence-electron chi connectivity index (χ4n) is 1.26. The molecule has 0 bridgehead atoms. The second-order valence-corrected chi connectivity index (χ2v) is 5.65. The largest absolute Gasteiger partial charge is 0.436 e. The van der Waals surface area contributed by atoms with E-state index in [4.69, 9.17) is 16.3 Å². The van der Waals surface area contributed by atoms with Crippen molar-refractivity contribution in [3.05, 3.63) is 50.0 Å². The second-order valence-electron chi connectivity index (χ2n) is 3.48. The Kier molecular flexibility index (Phi) is 4.07. The molecule has 17 heavy (non-hydrogen) atoms. The van der Waals surface area contributed by atoms with Gasteiger partial charge in [-0.2, -0.15) is 0 Å². The summed E-state index contributed by atoms with van der Waals surface area (Å²) in [6.07, 6.45) is 1.74. The highest BCUT2D eigenvalue weighted by Crippen LogP contribution is 2.34. The molecule has 0 saturated heterocycles. The van der Waals surface area contributed by atoms with E-state index in [-0.39, 0.29) is 0 Å². The SMILES string of the molecule is Cc1cnc(Oc2cc(Br)ccc2Cl)c(Br)c1. The molecule has 0 aliphatic carbocycles. The Labute approximate surface area is 121 Å². The van der Waals surface area contributed by atoms with Crippen LogP contribution in [0.4, 0.5) is 0 Å². The fourth-order valence-corrected chi connectivity index (χ4v) is 2.30. The molecular formula is C12H8Br2ClNO. The van der Waals surface area contributed by atoms with Crippen molar-refractivity contribution in [2.75, 3.05) is 0 Å². The molecular weight excluding hydrogens is 369 g/mol. The van der Waals surface area contributed by atoms with E-state index in [2.05, 4.69) is 36.8 Å². The third-order valence-electron chi connectivity index (χ3n) is 2.04. The van der Waals surface area contributed by atoms with Crippen LogP contribution in [0.3, 0.4) is 0 Å². The number of rotatable bonds is 2. The summed E-state index contributed by atoms with van der Waals surface area (Å²) in [7, 11) is 0. The first-order valence-corrected chi connectivity index (χ1v) is 6.78. The standard InChI is InChI=1S/C12H8Br2ClNO/c1-7-4-9(14)12(16-6-7)17-11-5-8(13)2-3-10(11)15/h2-6H,1H3. The highest BCUT2D eigenvalue weighted by molar-refractivity contribution is 9.10. The van der Waals surface area contributed by atoms with Crippen LogP contribution in [-0.2, 0) is 0 Å². The lowest BCUT2D eigenvalue weighted by molar-refractivity contribution is 0.459. The molecule has 88 valence electrons. The van der Waals surface area contributed by atoms with E-state index in [0.29, 0.717) is 16.7 Å². The van der Waals surface area contributed by atoms with Gasteiger partial charge in [0.1, 0.15) is 5.75 Å². The zero-order chi connectivity index (χ0) is 12.4. The molecule has 1 heterocycles. The average Bonchev–Trinajstić information content (AvgIpc) is 2.27. The van der Waals surface area contributed by atoms with Crippen LogP contribution in [0.1, 0.15) is 5.56 Å². The summed E-state index contributed by atoms with van der Waals surface area (Å²) in [4.78, 5) is 4.20. The van der Waals surface area contributed by atoms with Crippen molar-refractivity contribution in [2.24, 2.45) is 0 Å². The van der Waals surface area contributed by atoms with Gasteiger partial charge in [0.2, 0.25) is 5.88 Å². The van der Waals surface area contributed by atoms with Crippen molar-refractivity contribution < 1.29 is 4.74 Å². The Hall–Kier alpha value is -0.580. The first kappa shape index (κ1) is 12.9. The highest BCUT2D eigenvalue weighted by atomic mass is 79.9. The predicted octanol–water partition coefficient (Wildman–Crippen LogP) is 5.36. The average molecular weight is 377 g/mol. The fraction of sp³-hybridized carbons (Fsp3) is 0.0833. The molecule has 1 aromatic carbocycles. The molecule has 0 aliphatic rings. The number of pyridine rings is 1. The molecule has 0 unspecified atom stereocenters. The molecule has 0 radical (unpaired) electrons. The van der Waals surface area contributed by atoms with E-state index < -0.39 is 0 Å².